The molecular weight excluding hydrogens is 240 g/mol. The van der Waals surface area contributed by atoms with Gasteiger partial charge in [0.1, 0.15) is 0 Å². The first-order valence-electron chi connectivity index (χ1n) is 6.70. The predicted octanol–water partition coefficient (Wildman–Crippen LogP) is 5.79. The van der Waals surface area contributed by atoms with Gasteiger partial charge in [-0.25, -0.2) is 0 Å². The van der Waals surface area contributed by atoms with Crippen LogP contribution in [0.2, 0.25) is 0 Å². The zero-order valence-corrected chi connectivity index (χ0v) is 11.3. The van der Waals surface area contributed by atoms with Gasteiger partial charge in [0.05, 0.1) is 0 Å². The van der Waals surface area contributed by atoms with E-state index in [4.69, 9.17) is 0 Å². The molecular formula is C20H16. The maximum absolute atomic E-state index is 3.93. The number of hydrogen-bond acceptors (Lipinski definition) is 0. The van der Waals surface area contributed by atoms with Crippen LogP contribution in [0.25, 0.3) is 34.1 Å². The summed E-state index contributed by atoms with van der Waals surface area (Å²) in [5.41, 5.74) is 4.74. The summed E-state index contributed by atoms with van der Waals surface area (Å²) in [6, 6.07) is 21.3. The van der Waals surface area contributed by atoms with Crippen molar-refractivity contribution in [2.45, 2.75) is 0 Å². The standard InChI is InChI=1S/C20H16/c1-3-15-9-11-17(12-10-15)19-13-16(4-2)20-8-6-5-7-18(20)14-19/h3-14H,1-2H2. The Balaban J connectivity index is 2.20. The molecule has 20 heavy (non-hydrogen) atoms. The second kappa shape index (κ2) is 5.18. The molecule has 3 aromatic carbocycles. The Morgan fingerprint density at radius 1 is 0.700 bits per heavy atom. The minimum absolute atomic E-state index is 1.14. The van der Waals surface area contributed by atoms with Gasteiger partial charge in [0.25, 0.3) is 0 Å². The smallest absolute Gasteiger partial charge is 0.0111 e. The topological polar surface area (TPSA) is 0 Å². The molecule has 0 heterocycles. The van der Waals surface area contributed by atoms with E-state index in [2.05, 4.69) is 73.8 Å². The van der Waals surface area contributed by atoms with Gasteiger partial charge in [-0.2, -0.15) is 0 Å². The van der Waals surface area contributed by atoms with Gasteiger partial charge in [0.2, 0.25) is 0 Å². The van der Waals surface area contributed by atoms with Crippen LogP contribution >= 0.6 is 0 Å². The summed E-state index contributed by atoms with van der Waals surface area (Å²) in [6.45, 7) is 7.72. The van der Waals surface area contributed by atoms with Crippen molar-refractivity contribution >= 4 is 22.9 Å². The third-order valence-electron chi connectivity index (χ3n) is 3.59. The Morgan fingerprint density at radius 3 is 2.15 bits per heavy atom. The molecule has 0 heteroatoms. The van der Waals surface area contributed by atoms with Gasteiger partial charge in [-0.15, -0.1) is 0 Å². The molecule has 0 nitrogen and oxygen atoms in total. The number of benzene rings is 3. The molecule has 0 unspecified atom stereocenters. The first kappa shape index (κ1) is 12.4. The minimum Gasteiger partial charge on any atom is -0.0985 e. The van der Waals surface area contributed by atoms with Crippen molar-refractivity contribution in [2.24, 2.45) is 0 Å². The fourth-order valence-corrected chi connectivity index (χ4v) is 2.49. The van der Waals surface area contributed by atoms with Gasteiger partial charge in [-0.05, 0) is 45.2 Å². The molecule has 0 aromatic heterocycles. The Bertz CT molecular complexity index is 777. The monoisotopic (exact) mass is 256 g/mol. The summed E-state index contributed by atoms with van der Waals surface area (Å²) in [4.78, 5) is 0. The van der Waals surface area contributed by atoms with Crippen molar-refractivity contribution in [3.8, 4) is 11.1 Å². The zero-order chi connectivity index (χ0) is 13.9. The van der Waals surface area contributed by atoms with E-state index in [0.717, 1.165) is 5.56 Å². The third kappa shape index (κ3) is 2.17. The van der Waals surface area contributed by atoms with E-state index in [0.29, 0.717) is 0 Å². The maximum atomic E-state index is 3.93. The third-order valence-corrected chi connectivity index (χ3v) is 3.59. The van der Waals surface area contributed by atoms with Crippen molar-refractivity contribution in [1.82, 2.24) is 0 Å². The molecule has 0 spiro atoms. The second-order valence-electron chi connectivity index (χ2n) is 4.82. The van der Waals surface area contributed by atoms with Crippen molar-refractivity contribution in [1.29, 1.82) is 0 Å². The van der Waals surface area contributed by atoms with E-state index >= 15 is 0 Å². The summed E-state index contributed by atoms with van der Waals surface area (Å²) in [7, 11) is 0. The molecule has 0 radical (unpaired) electrons. The molecule has 0 aliphatic rings. The van der Waals surface area contributed by atoms with E-state index in [1.165, 1.54) is 27.5 Å². The lowest BCUT2D eigenvalue weighted by atomic mass is 9.96. The summed E-state index contributed by atoms with van der Waals surface area (Å²) in [5, 5.41) is 2.49. The highest BCUT2D eigenvalue weighted by Crippen LogP contribution is 2.28. The summed E-state index contributed by atoms with van der Waals surface area (Å²) in [5.74, 6) is 0. The number of rotatable bonds is 3. The van der Waals surface area contributed by atoms with E-state index in [1.807, 2.05) is 12.2 Å². The molecule has 0 fully saturated rings. The van der Waals surface area contributed by atoms with Crippen LogP contribution in [0.3, 0.4) is 0 Å². The van der Waals surface area contributed by atoms with Gasteiger partial charge in [0, 0.05) is 0 Å². The SMILES string of the molecule is C=Cc1ccc(-c2cc(C=C)c3ccccc3c2)cc1. The van der Waals surface area contributed by atoms with Crippen molar-refractivity contribution in [3.05, 3.63) is 84.9 Å². The fourth-order valence-electron chi connectivity index (χ4n) is 2.49. The molecule has 0 N–H and O–H groups in total. The number of hydrogen-bond donors (Lipinski definition) is 0. The van der Waals surface area contributed by atoms with Gasteiger partial charge in [0.15, 0.2) is 0 Å². The Labute approximate surface area is 119 Å². The molecule has 0 aliphatic heterocycles. The molecule has 0 amide bonds. The van der Waals surface area contributed by atoms with Crippen molar-refractivity contribution < 1.29 is 0 Å². The first-order chi connectivity index (χ1) is 9.81. The zero-order valence-electron chi connectivity index (χ0n) is 11.3. The molecule has 0 bridgehead atoms. The van der Waals surface area contributed by atoms with Crippen molar-refractivity contribution in [3.63, 3.8) is 0 Å². The fraction of sp³-hybridized carbons (Fsp3) is 0. The van der Waals surface area contributed by atoms with Gasteiger partial charge >= 0.3 is 0 Å². The highest BCUT2D eigenvalue weighted by Gasteiger charge is 2.03. The lowest BCUT2D eigenvalue weighted by Crippen LogP contribution is -1.83. The van der Waals surface area contributed by atoms with Crippen LogP contribution in [0.5, 0.6) is 0 Å². The summed E-state index contributed by atoms with van der Waals surface area (Å²) in [6.07, 6.45) is 3.78. The Morgan fingerprint density at radius 2 is 1.45 bits per heavy atom. The molecule has 0 atom stereocenters. The lowest BCUT2D eigenvalue weighted by Gasteiger charge is -2.08. The van der Waals surface area contributed by atoms with Crippen LogP contribution in [0.15, 0.2) is 73.8 Å². The average Bonchev–Trinajstić information content (AvgIpc) is 2.54. The molecule has 0 saturated heterocycles. The van der Waals surface area contributed by atoms with Gasteiger partial charge in [-0.3, -0.25) is 0 Å². The van der Waals surface area contributed by atoms with E-state index in [9.17, 15) is 0 Å². The van der Waals surface area contributed by atoms with Crippen LogP contribution < -0.4 is 0 Å². The highest BCUT2D eigenvalue weighted by molar-refractivity contribution is 5.94. The summed E-state index contributed by atoms with van der Waals surface area (Å²) < 4.78 is 0. The van der Waals surface area contributed by atoms with Crippen LogP contribution in [0.1, 0.15) is 11.1 Å². The minimum atomic E-state index is 1.14. The average molecular weight is 256 g/mol. The van der Waals surface area contributed by atoms with E-state index < -0.39 is 0 Å². The second-order valence-corrected chi connectivity index (χ2v) is 4.82. The van der Waals surface area contributed by atoms with E-state index in [1.54, 1.807) is 0 Å². The molecule has 96 valence electrons. The first-order valence-corrected chi connectivity index (χ1v) is 6.70. The number of fused-ring (bicyclic) bond motifs is 1. The predicted molar refractivity (Wildman–Crippen MR) is 89.6 cm³/mol. The lowest BCUT2D eigenvalue weighted by molar-refractivity contribution is 1.61. The largest absolute Gasteiger partial charge is 0.0985 e. The van der Waals surface area contributed by atoms with E-state index in [-0.39, 0.29) is 0 Å². The van der Waals surface area contributed by atoms with Gasteiger partial charge in [-0.1, -0.05) is 73.8 Å². The van der Waals surface area contributed by atoms with Crippen LogP contribution in [0, 0.1) is 0 Å². The van der Waals surface area contributed by atoms with Crippen LogP contribution in [-0.4, -0.2) is 0 Å². The molecule has 3 rings (SSSR count). The molecule has 3 aromatic rings. The molecule has 0 aliphatic carbocycles. The molecule has 0 saturated carbocycles. The van der Waals surface area contributed by atoms with Crippen LogP contribution in [0.4, 0.5) is 0 Å². The van der Waals surface area contributed by atoms with Crippen LogP contribution in [-0.2, 0) is 0 Å². The highest BCUT2D eigenvalue weighted by atomic mass is 14.1. The van der Waals surface area contributed by atoms with Gasteiger partial charge < -0.3 is 0 Å². The Kier molecular flexibility index (Phi) is 3.22. The Hall–Kier alpha value is -2.60. The normalized spacial score (nSPS) is 10.4. The van der Waals surface area contributed by atoms with Crippen molar-refractivity contribution in [2.75, 3.05) is 0 Å². The maximum Gasteiger partial charge on any atom is -0.0111 e. The quantitative estimate of drug-likeness (QED) is 0.556. The summed E-state index contributed by atoms with van der Waals surface area (Å²) >= 11 is 0.